The summed E-state index contributed by atoms with van der Waals surface area (Å²) in [6.45, 7) is 4.91. The van der Waals surface area contributed by atoms with Gasteiger partial charge >= 0.3 is 6.01 Å². The highest BCUT2D eigenvalue weighted by Gasteiger charge is 2.11. The molecular formula is C14H21N7O2. The van der Waals surface area contributed by atoms with Crippen LogP contribution in [0.1, 0.15) is 13.8 Å². The number of ether oxygens (including phenoxy) is 1. The SMILES string of the molecule is CC(C)CNc1nc(Oc2ccc(=O)n(C)n2)nc(N(C)C)n1. The summed E-state index contributed by atoms with van der Waals surface area (Å²) in [5.74, 6) is 1.57. The normalized spacial score (nSPS) is 10.7. The fraction of sp³-hybridized carbons (Fsp3) is 0.500. The van der Waals surface area contributed by atoms with E-state index in [0.29, 0.717) is 17.8 Å². The van der Waals surface area contributed by atoms with E-state index in [0.717, 1.165) is 6.54 Å². The molecule has 0 atom stereocenters. The Kier molecular flexibility index (Phi) is 5.09. The van der Waals surface area contributed by atoms with Crippen LogP contribution in [0.2, 0.25) is 0 Å². The largest absolute Gasteiger partial charge is 0.403 e. The second-order valence-electron chi connectivity index (χ2n) is 5.65. The number of aryl methyl sites for hydroxylation is 1. The lowest BCUT2D eigenvalue weighted by atomic mass is 10.2. The predicted octanol–water partition coefficient (Wildman–Crippen LogP) is 0.891. The fourth-order valence-corrected chi connectivity index (χ4v) is 1.59. The molecule has 0 saturated carbocycles. The van der Waals surface area contributed by atoms with Crippen molar-refractivity contribution < 1.29 is 4.74 Å². The maximum Gasteiger partial charge on any atom is 0.330 e. The molecule has 0 amide bonds. The van der Waals surface area contributed by atoms with Crippen molar-refractivity contribution in [2.45, 2.75) is 13.8 Å². The second-order valence-corrected chi connectivity index (χ2v) is 5.65. The number of rotatable bonds is 6. The van der Waals surface area contributed by atoms with Crippen LogP contribution < -0.4 is 20.5 Å². The molecule has 124 valence electrons. The first-order valence-electron chi connectivity index (χ1n) is 7.24. The van der Waals surface area contributed by atoms with Crippen LogP contribution in [0.5, 0.6) is 11.9 Å². The average molecular weight is 319 g/mol. The van der Waals surface area contributed by atoms with E-state index in [4.69, 9.17) is 4.74 Å². The maximum atomic E-state index is 11.4. The molecular weight excluding hydrogens is 298 g/mol. The molecule has 9 heteroatoms. The van der Waals surface area contributed by atoms with Gasteiger partial charge in [-0.05, 0) is 5.92 Å². The summed E-state index contributed by atoms with van der Waals surface area (Å²) in [6.07, 6.45) is 0. The van der Waals surface area contributed by atoms with E-state index in [1.165, 1.54) is 16.8 Å². The molecule has 9 nitrogen and oxygen atoms in total. The van der Waals surface area contributed by atoms with E-state index in [1.807, 2.05) is 14.1 Å². The van der Waals surface area contributed by atoms with E-state index < -0.39 is 0 Å². The van der Waals surface area contributed by atoms with Gasteiger partial charge in [-0.15, -0.1) is 5.10 Å². The highest BCUT2D eigenvalue weighted by molar-refractivity contribution is 5.37. The Hall–Kier alpha value is -2.71. The summed E-state index contributed by atoms with van der Waals surface area (Å²) in [7, 11) is 5.20. The lowest BCUT2D eigenvalue weighted by Gasteiger charge is -2.14. The minimum Gasteiger partial charge on any atom is -0.403 e. The highest BCUT2D eigenvalue weighted by Crippen LogP contribution is 2.18. The van der Waals surface area contributed by atoms with Crippen LogP contribution in [-0.2, 0) is 7.05 Å². The zero-order valence-corrected chi connectivity index (χ0v) is 13.9. The average Bonchev–Trinajstić information content (AvgIpc) is 2.48. The molecule has 2 heterocycles. The fourth-order valence-electron chi connectivity index (χ4n) is 1.59. The molecule has 0 saturated heterocycles. The molecule has 0 aliphatic carbocycles. The molecule has 0 unspecified atom stereocenters. The zero-order chi connectivity index (χ0) is 17.0. The van der Waals surface area contributed by atoms with Gasteiger partial charge in [0.05, 0.1) is 0 Å². The summed E-state index contributed by atoms with van der Waals surface area (Å²) < 4.78 is 6.73. The Morgan fingerprint density at radius 2 is 2.00 bits per heavy atom. The van der Waals surface area contributed by atoms with E-state index >= 15 is 0 Å². The molecule has 2 rings (SSSR count). The van der Waals surface area contributed by atoms with Gasteiger partial charge in [-0.25, -0.2) is 4.68 Å². The number of hydrogen-bond acceptors (Lipinski definition) is 8. The molecule has 23 heavy (non-hydrogen) atoms. The molecule has 0 fully saturated rings. The Morgan fingerprint density at radius 1 is 1.26 bits per heavy atom. The number of hydrogen-bond donors (Lipinski definition) is 1. The van der Waals surface area contributed by atoms with E-state index in [9.17, 15) is 4.79 Å². The van der Waals surface area contributed by atoms with Crippen molar-refractivity contribution in [3.05, 3.63) is 22.5 Å². The van der Waals surface area contributed by atoms with Crippen molar-refractivity contribution in [2.75, 3.05) is 30.9 Å². The highest BCUT2D eigenvalue weighted by atomic mass is 16.5. The minimum absolute atomic E-state index is 0.112. The van der Waals surface area contributed by atoms with Crippen molar-refractivity contribution in [1.29, 1.82) is 0 Å². The van der Waals surface area contributed by atoms with Crippen LogP contribution in [0.15, 0.2) is 16.9 Å². The summed E-state index contributed by atoms with van der Waals surface area (Å²) in [5.41, 5.74) is -0.221. The van der Waals surface area contributed by atoms with Gasteiger partial charge in [0.1, 0.15) is 0 Å². The minimum atomic E-state index is -0.221. The second kappa shape index (κ2) is 7.03. The van der Waals surface area contributed by atoms with Gasteiger partial charge in [-0.1, -0.05) is 13.8 Å². The van der Waals surface area contributed by atoms with Crippen molar-refractivity contribution in [3.63, 3.8) is 0 Å². The van der Waals surface area contributed by atoms with Crippen molar-refractivity contribution in [3.8, 4) is 11.9 Å². The predicted molar refractivity (Wildman–Crippen MR) is 87.0 cm³/mol. The first-order chi connectivity index (χ1) is 10.8. The molecule has 0 bridgehead atoms. The topological polar surface area (TPSA) is 98.1 Å². The van der Waals surface area contributed by atoms with Gasteiger partial charge in [0.15, 0.2) is 0 Å². The zero-order valence-electron chi connectivity index (χ0n) is 13.9. The third-order valence-electron chi connectivity index (χ3n) is 2.80. The van der Waals surface area contributed by atoms with E-state index in [1.54, 1.807) is 11.9 Å². The third-order valence-corrected chi connectivity index (χ3v) is 2.80. The molecule has 0 aliphatic heterocycles. The molecule has 0 aromatic carbocycles. The summed E-state index contributed by atoms with van der Waals surface area (Å²) in [5, 5.41) is 7.14. The Morgan fingerprint density at radius 3 is 2.61 bits per heavy atom. The van der Waals surface area contributed by atoms with Crippen LogP contribution in [0.25, 0.3) is 0 Å². The third kappa shape index (κ3) is 4.63. The number of nitrogens with zero attached hydrogens (tertiary/aromatic N) is 6. The van der Waals surface area contributed by atoms with Crippen LogP contribution >= 0.6 is 0 Å². The first kappa shape index (κ1) is 16.7. The number of nitrogens with one attached hydrogen (secondary N) is 1. The summed E-state index contributed by atoms with van der Waals surface area (Å²) in [6, 6.07) is 2.96. The van der Waals surface area contributed by atoms with Crippen molar-refractivity contribution in [1.82, 2.24) is 24.7 Å². The standard InChI is InChI=1S/C14H21N7O2/c1-9(2)8-15-12-16-13(20(3)4)18-14(17-12)23-10-6-7-11(22)21(5)19-10/h6-7,9H,8H2,1-5H3,(H,15,16,17,18). The van der Waals surface area contributed by atoms with Gasteiger partial charge in [-0.2, -0.15) is 15.0 Å². The number of aromatic nitrogens is 5. The lowest BCUT2D eigenvalue weighted by Crippen LogP contribution is -2.19. The first-order valence-corrected chi connectivity index (χ1v) is 7.24. The van der Waals surface area contributed by atoms with Crippen LogP contribution in [-0.4, -0.2) is 45.4 Å². The quantitative estimate of drug-likeness (QED) is 0.838. The molecule has 1 N–H and O–H groups in total. The Bertz CT molecular complexity index is 727. The van der Waals surface area contributed by atoms with Gasteiger partial charge in [-0.3, -0.25) is 4.79 Å². The van der Waals surface area contributed by atoms with Gasteiger partial charge in [0.2, 0.25) is 17.8 Å². The maximum absolute atomic E-state index is 11.4. The van der Waals surface area contributed by atoms with Gasteiger partial charge in [0.25, 0.3) is 5.56 Å². The number of anilines is 2. The Labute approximate surface area is 134 Å². The molecule has 0 radical (unpaired) electrons. The molecule has 0 spiro atoms. The lowest BCUT2D eigenvalue weighted by molar-refractivity contribution is 0.406. The smallest absolute Gasteiger partial charge is 0.330 e. The van der Waals surface area contributed by atoms with Gasteiger partial charge in [0, 0.05) is 39.8 Å². The van der Waals surface area contributed by atoms with Crippen LogP contribution in [0, 0.1) is 5.92 Å². The Balaban J connectivity index is 2.28. The van der Waals surface area contributed by atoms with Crippen molar-refractivity contribution >= 4 is 11.9 Å². The molecule has 2 aromatic heterocycles. The summed E-state index contributed by atoms with van der Waals surface area (Å²) >= 11 is 0. The van der Waals surface area contributed by atoms with E-state index in [-0.39, 0.29) is 17.4 Å². The van der Waals surface area contributed by atoms with Crippen LogP contribution in [0.4, 0.5) is 11.9 Å². The monoisotopic (exact) mass is 319 g/mol. The van der Waals surface area contributed by atoms with Gasteiger partial charge < -0.3 is 15.0 Å². The molecule has 2 aromatic rings. The van der Waals surface area contributed by atoms with Crippen LogP contribution in [0.3, 0.4) is 0 Å². The molecule has 0 aliphatic rings. The van der Waals surface area contributed by atoms with E-state index in [2.05, 4.69) is 39.2 Å². The van der Waals surface area contributed by atoms with Crippen molar-refractivity contribution in [2.24, 2.45) is 13.0 Å². The summed E-state index contributed by atoms with van der Waals surface area (Å²) in [4.78, 5) is 25.9.